The second-order valence-electron chi connectivity index (χ2n) is 6.39. The molecule has 0 aliphatic carbocycles. The Morgan fingerprint density at radius 1 is 1.11 bits per heavy atom. The van der Waals surface area contributed by atoms with Gasteiger partial charge in [0.25, 0.3) is 5.91 Å². The predicted octanol–water partition coefficient (Wildman–Crippen LogP) is 2.09. The molecule has 2 aromatic rings. The highest BCUT2D eigenvalue weighted by molar-refractivity contribution is 6.30. The van der Waals surface area contributed by atoms with E-state index in [0.717, 1.165) is 17.0 Å². The standard InChI is InChI=1S/C19H22ClN5O2/c1-14(26)24-7-9-25(10-8-24)19(27)17-12-23-18(13-22-17)21-6-5-15-3-2-4-16(20)11-15/h2-4,11-13H,5-10H2,1H3,(H,21,23). The van der Waals surface area contributed by atoms with E-state index in [1.807, 2.05) is 24.3 Å². The third-order valence-corrected chi connectivity index (χ3v) is 4.73. The molecule has 1 aromatic carbocycles. The molecular weight excluding hydrogens is 366 g/mol. The first kappa shape index (κ1) is 19.1. The number of anilines is 1. The molecule has 8 heteroatoms. The molecule has 0 saturated carbocycles. The zero-order valence-corrected chi connectivity index (χ0v) is 15.9. The lowest BCUT2D eigenvalue weighted by atomic mass is 10.1. The number of nitrogens with one attached hydrogen (secondary N) is 1. The molecule has 1 fully saturated rings. The van der Waals surface area contributed by atoms with Crippen molar-refractivity contribution >= 4 is 29.2 Å². The van der Waals surface area contributed by atoms with E-state index in [1.54, 1.807) is 22.9 Å². The summed E-state index contributed by atoms with van der Waals surface area (Å²) in [6, 6.07) is 7.73. The van der Waals surface area contributed by atoms with Gasteiger partial charge in [0.05, 0.1) is 12.4 Å². The van der Waals surface area contributed by atoms with Crippen molar-refractivity contribution in [3.05, 3.63) is 52.9 Å². The topological polar surface area (TPSA) is 78.4 Å². The molecule has 2 heterocycles. The zero-order chi connectivity index (χ0) is 19.2. The van der Waals surface area contributed by atoms with Gasteiger partial charge < -0.3 is 15.1 Å². The van der Waals surface area contributed by atoms with E-state index >= 15 is 0 Å². The van der Waals surface area contributed by atoms with E-state index in [4.69, 9.17) is 11.6 Å². The highest BCUT2D eigenvalue weighted by atomic mass is 35.5. The predicted molar refractivity (Wildman–Crippen MR) is 104 cm³/mol. The highest BCUT2D eigenvalue weighted by Gasteiger charge is 2.24. The Morgan fingerprint density at radius 2 is 1.85 bits per heavy atom. The fourth-order valence-corrected chi connectivity index (χ4v) is 3.16. The van der Waals surface area contributed by atoms with Crippen LogP contribution >= 0.6 is 11.6 Å². The van der Waals surface area contributed by atoms with E-state index in [1.165, 1.54) is 6.20 Å². The molecule has 7 nitrogen and oxygen atoms in total. The molecule has 2 amide bonds. The first-order valence-corrected chi connectivity index (χ1v) is 9.26. The van der Waals surface area contributed by atoms with Crippen molar-refractivity contribution in [3.63, 3.8) is 0 Å². The van der Waals surface area contributed by atoms with Crippen LogP contribution in [0.1, 0.15) is 23.0 Å². The molecular formula is C19H22ClN5O2. The summed E-state index contributed by atoms with van der Waals surface area (Å²) in [5, 5.41) is 3.91. The first-order valence-electron chi connectivity index (χ1n) is 8.88. The van der Waals surface area contributed by atoms with Crippen molar-refractivity contribution in [2.75, 3.05) is 38.0 Å². The van der Waals surface area contributed by atoms with Gasteiger partial charge in [0.15, 0.2) is 0 Å². The number of aromatic nitrogens is 2. The summed E-state index contributed by atoms with van der Waals surface area (Å²) in [5.74, 6) is 0.501. The summed E-state index contributed by atoms with van der Waals surface area (Å²) in [6.45, 7) is 4.37. The minimum Gasteiger partial charge on any atom is -0.368 e. The molecule has 0 radical (unpaired) electrons. The maximum atomic E-state index is 12.5. The number of benzene rings is 1. The SMILES string of the molecule is CC(=O)N1CCN(C(=O)c2cnc(NCCc3cccc(Cl)c3)cn2)CC1. The fraction of sp³-hybridized carbons (Fsp3) is 0.368. The maximum Gasteiger partial charge on any atom is 0.274 e. The zero-order valence-electron chi connectivity index (χ0n) is 15.2. The van der Waals surface area contributed by atoms with Gasteiger partial charge in [-0.3, -0.25) is 9.59 Å². The Labute approximate surface area is 163 Å². The number of amides is 2. The number of hydrogen-bond donors (Lipinski definition) is 1. The van der Waals surface area contributed by atoms with Crippen molar-refractivity contribution in [1.82, 2.24) is 19.8 Å². The van der Waals surface area contributed by atoms with Gasteiger partial charge in [-0.2, -0.15) is 0 Å². The lowest BCUT2D eigenvalue weighted by Crippen LogP contribution is -2.50. The van der Waals surface area contributed by atoms with Crippen LogP contribution in [0.4, 0.5) is 5.82 Å². The van der Waals surface area contributed by atoms with Crippen LogP contribution in [0.2, 0.25) is 5.02 Å². The van der Waals surface area contributed by atoms with Gasteiger partial charge in [0.1, 0.15) is 11.5 Å². The molecule has 1 aromatic heterocycles. The molecule has 1 aliphatic rings. The Kier molecular flexibility index (Phi) is 6.24. The minimum atomic E-state index is -0.156. The van der Waals surface area contributed by atoms with Crippen molar-refractivity contribution < 1.29 is 9.59 Å². The van der Waals surface area contributed by atoms with Crippen LogP contribution in [0, 0.1) is 0 Å². The summed E-state index contributed by atoms with van der Waals surface area (Å²) in [4.78, 5) is 35.8. The number of nitrogens with zero attached hydrogens (tertiary/aromatic N) is 4. The van der Waals surface area contributed by atoms with E-state index in [-0.39, 0.29) is 11.8 Å². The minimum absolute atomic E-state index is 0.0371. The van der Waals surface area contributed by atoms with Gasteiger partial charge in [0.2, 0.25) is 5.91 Å². The molecule has 0 atom stereocenters. The van der Waals surface area contributed by atoms with Gasteiger partial charge in [-0.25, -0.2) is 9.97 Å². The quantitative estimate of drug-likeness (QED) is 0.849. The molecule has 1 aliphatic heterocycles. The Morgan fingerprint density at radius 3 is 2.48 bits per heavy atom. The van der Waals surface area contributed by atoms with Crippen LogP contribution in [0.25, 0.3) is 0 Å². The van der Waals surface area contributed by atoms with Crippen LogP contribution in [0.15, 0.2) is 36.7 Å². The van der Waals surface area contributed by atoms with Crippen LogP contribution in [0.5, 0.6) is 0 Å². The van der Waals surface area contributed by atoms with Gasteiger partial charge in [-0.05, 0) is 24.1 Å². The molecule has 0 unspecified atom stereocenters. The number of carbonyl (C=O) groups is 2. The normalized spacial score (nSPS) is 14.1. The lowest BCUT2D eigenvalue weighted by Gasteiger charge is -2.33. The highest BCUT2D eigenvalue weighted by Crippen LogP contribution is 2.12. The lowest BCUT2D eigenvalue weighted by molar-refractivity contribution is -0.130. The average Bonchev–Trinajstić information content (AvgIpc) is 2.68. The third kappa shape index (κ3) is 5.17. The molecule has 1 N–H and O–H groups in total. The fourth-order valence-electron chi connectivity index (χ4n) is 2.94. The van der Waals surface area contributed by atoms with Crippen molar-refractivity contribution in [3.8, 4) is 0 Å². The summed E-state index contributed by atoms with van der Waals surface area (Å²) in [6.07, 6.45) is 3.86. The largest absolute Gasteiger partial charge is 0.368 e. The number of rotatable bonds is 5. The first-order chi connectivity index (χ1) is 13.0. The van der Waals surface area contributed by atoms with Gasteiger partial charge >= 0.3 is 0 Å². The summed E-state index contributed by atoms with van der Waals surface area (Å²) >= 11 is 5.98. The van der Waals surface area contributed by atoms with E-state index in [2.05, 4.69) is 15.3 Å². The van der Waals surface area contributed by atoms with Gasteiger partial charge in [-0.15, -0.1) is 0 Å². The van der Waals surface area contributed by atoms with Crippen LogP contribution in [0.3, 0.4) is 0 Å². The number of halogens is 1. The van der Waals surface area contributed by atoms with Crippen molar-refractivity contribution in [2.45, 2.75) is 13.3 Å². The smallest absolute Gasteiger partial charge is 0.274 e. The average molecular weight is 388 g/mol. The van der Waals surface area contributed by atoms with E-state index < -0.39 is 0 Å². The molecule has 27 heavy (non-hydrogen) atoms. The third-order valence-electron chi connectivity index (χ3n) is 4.49. The van der Waals surface area contributed by atoms with E-state index in [9.17, 15) is 9.59 Å². The van der Waals surface area contributed by atoms with Gasteiger partial charge in [-0.1, -0.05) is 23.7 Å². The monoisotopic (exact) mass is 387 g/mol. The molecule has 3 rings (SSSR count). The second-order valence-corrected chi connectivity index (χ2v) is 6.83. The second kappa shape index (κ2) is 8.81. The Balaban J connectivity index is 1.49. The summed E-state index contributed by atoms with van der Waals surface area (Å²) in [7, 11) is 0. The van der Waals surface area contributed by atoms with Crippen molar-refractivity contribution in [1.29, 1.82) is 0 Å². The number of carbonyl (C=O) groups excluding carboxylic acids is 2. The Hall–Kier alpha value is -2.67. The maximum absolute atomic E-state index is 12.5. The Bertz CT molecular complexity index is 804. The number of piperazine rings is 1. The van der Waals surface area contributed by atoms with Crippen LogP contribution < -0.4 is 5.32 Å². The molecule has 142 valence electrons. The van der Waals surface area contributed by atoms with E-state index in [0.29, 0.717) is 44.2 Å². The summed E-state index contributed by atoms with van der Waals surface area (Å²) < 4.78 is 0. The summed E-state index contributed by atoms with van der Waals surface area (Å²) in [5.41, 5.74) is 1.45. The van der Waals surface area contributed by atoms with Crippen LogP contribution in [-0.4, -0.2) is 64.3 Å². The molecule has 0 spiro atoms. The van der Waals surface area contributed by atoms with Crippen LogP contribution in [-0.2, 0) is 11.2 Å². The van der Waals surface area contributed by atoms with Crippen molar-refractivity contribution in [2.24, 2.45) is 0 Å². The van der Waals surface area contributed by atoms with Gasteiger partial charge in [0, 0.05) is 44.7 Å². The molecule has 0 bridgehead atoms. The molecule has 1 saturated heterocycles. The number of hydrogen-bond acceptors (Lipinski definition) is 5.